The molecule has 0 aliphatic rings. The van der Waals surface area contributed by atoms with Gasteiger partial charge in [-0.1, -0.05) is 0 Å². The van der Waals surface area contributed by atoms with Gasteiger partial charge in [-0.05, 0) is 32.0 Å². The maximum absolute atomic E-state index is 13.7. The molecule has 1 aromatic carbocycles. The highest BCUT2D eigenvalue weighted by molar-refractivity contribution is 5.80. The van der Waals surface area contributed by atoms with E-state index in [1.54, 1.807) is 4.90 Å². The van der Waals surface area contributed by atoms with Crippen LogP contribution in [0.1, 0.15) is 24.2 Å². The van der Waals surface area contributed by atoms with E-state index in [1.807, 2.05) is 13.8 Å². The maximum atomic E-state index is 13.7. The first-order valence-electron chi connectivity index (χ1n) is 5.25. The number of nitrogens with two attached hydrogens (primary N) is 1. The molecule has 92 valence electrons. The molecule has 0 radical (unpaired) electrons. The van der Waals surface area contributed by atoms with Gasteiger partial charge < -0.3 is 10.6 Å². The molecular weight excluding hydrogens is 223 g/mol. The molecule has 2 N–H and O–H groups in total. The van der Waals surface area contributed by atoms with Crippen LogP contribution in [0, 0.1) is 5.82 Å². The summed E-state index contributed by atoms with van der Waals surface area (Å²) in [5, 5.41) is 0. The van der Waals surface area contributed by atoms with Crippen molar-refractivity contribution in [1.29, 1.82) is 0 Å². The van der Waals surface area contributed by atoms with E-state index in [2.05, 4.69) is 0 Å². The monoisotopic (exact) mass is 238 g/mol. The van der Waals surface area contributed by atoms with E-state index < -0.39 is 11.7 Å². The van der Waals surface area contributed by atoms with Gasteiger partial charge in [0.2, 0.25) is 5.91 Å². The molecule has 0 aromatic heterocycles. The molecule has 0 heterocycles. The predicted molar refractivity (Wildman–Crippen MR) is 63.5 cm³/mol. The molecular formula is C12H15FN2O2. The second-order valence-corrected chi connectivity index (χ2v) is 4.02. The van der Waals surface area contributed by atoms with Crippen LogP contribution in [0.25, 0.3) is 0 Å². The molecule has 0 fully saturated rings. The molecule has 0 saturated heterocycles. The zero-order chi connectivity index (χ0) is 13.0. The first-order valence-corrected chi connectivity index (χ1v) is 5.25. The molecule has 5 heteroatoms. The lowest BCUT2D eigenvalue weighted by atomic mass is 10.1. The lowest BCUT2D eigenvalue weighted by molar-refractivity contribution is -0.116. The number of primary amides is 1. The lowest BCUT2D eigenvalue weighted by Gasteiger charge is -2.28. The Morgan fingerprint density at radius 2 is 2.18 bits per heavy atom. The maximum Gasteiger partial charge on any atom is 0.236 e. The first kappa shape index (κ1) is 13.2. The van der Waals surface area contributed by atoms with Crippen LogP contribution in [0.5, 0.6) is 0 Å². The first-order chi connectivity index (χ1) is 7.95. The van der Waals surface area contributed by atoms with Crippen molar-refractivity contribution >= 4 is 17.9 Å². The van der Waals surface area contributed by atoms with Gasteiger partial charge in [0.1, 0.15) is 12.1 Å². The highest BCUT2D eigenvalue weighted by Gasteiger charge is 2.16. The molecule has 4 nitrogen and oxygen atoms in total. The molecule has 0 aliphatic heterocycles. The number of hydrogen-bond donors (Lipinski definition) is 1. The SMILES string of the molecule is CC(C)N(CC(N)=O)c1ccc(C=O)cc1F. The van der Waals surface area contributed by atoms with Gasteiger partial charge >= 0.3 is 0 Å². The van der Waals surface area contributed by atoms with E-state index in [9.17, 15) is 14.0 Å². The summed E-state index contributed by atoms with van der Waals surface area (Å²) in [5.74, 6) is -1.07. The van der Waals surface area contributed by atoms with Crippen LogP contribution in [0.15, 0.2) is 18.2 Å². The van der Waals surface area contributed by atoms with Gasteiger partial charge in [0.15, 0.2) is 0 Å². The molecule has 0 bridgehead atoms. The normalized spacial score (nSPS) is 10.4. The second kappa shape index (κ2) is 5.43. The Morgan fingerprint density at radius 3 is 2.59 bits per heavy atom. The molecule has 17 heavy (non-hydrogen) atoms. The van der Waals surface area contributed by atoms with E-state index in [0.29, 0.717) is 6.29 Å². The summed E-state index contributed by atoms with van der Waals surface area (Å²) in [7, 11) is 0. The number of anilines is 1. The van der Waals surface area contributed by atoms with Crippen molar-refractivity contribution in [2.24, 2.45) is 5.73 Å². The van der Waals surface area contributed by atoms with Crippen LogP contribution in [-0.2, 0) is 4.79 Å². The highest BCUT2D eigenvalue weighted by Crippen LogP contribution is 2.21. The smallest absolute Gasteiger partial charge is 0.236 e. The van der Waals surface area contributed by atoms with Crippen LogP contribution in [0.2, 0.25) is 0 Å². The van der Waals surface area contributed by atoms with Crippen molar-refractivity contribution in [3.8, 4) is 0 Å². The van der Waals surface area contributed by atoms with Crippen molar-refractivity contribution in [2.75, 3.05) is 11.4 Å². The topological polar surface area (TPSA) is 63.4 Å². The van der Waals surface area contributed by atoms with Gasteiger partial charge in [-0.25, -0.2) is 4.39 Å². The van der Waals surface area contributed by atoms with E-state index in [4.69, 9.17) is 5.73 Å². The number of amides is 1. The van der Waals surface area contributed by atoms with Crippen molar-refractivity contribution in [3.05, 3.63) is 29.6 Å². The summed E-state index contributed by atoms with van der Waals surface area (Å²) in [4.78, 5) is 23.0. The zero-order valence-electron chi connectivity index (χ0n) is 9.81. The number of rotatable bonds is 5. The average molecular weight is 238 g/mol. The Kier molecular flexibility index (Phi) is 4.20. The van der Waals surface area contributed by atoms with Crippen molar-refractivity contribution in [3.63, 3.8) is 0 Å². The summed E-state index contributed by atoms with van der Waals surface area (Å²) >= 11 is 0. The largest absolute Gasteiger partial charge is 0.368 e. The quantitative estimate of drug-likeness (QED) is 0.787. The van der Waals surface area contributed by atoms with E-state index in [1.165, 1.54) is 12.1 Å². The number of nitrogens with zero attached hydrogens (tertiary/aromatic N) is 1. The number of halogens is 1. The Bertz CT molecular complexity index is 433. The molecule has 0 saturated carbocycles. The Morgan fingerprint density at radius 1 is 1.53 bits per heavy atom. The number of hydrogen-bond acceptors (Lipinski definition) is 3. The Balaban J connectivity index is 3.10. The van der Waals surface area contributed by atoms with Crippen LogP contribution >= 0.6 is 0 Å². The lowest BCUT2D eigenvalue weighted by Crippen LogP contribution is -2.39. The summed E-state index contributed by atoms with van der Waals surface area (Å²) in [6.45, 7) is 3.60. The molecule has 0 atom stereocenters. The molecule has 1 rings (SSSR count). The third-order valence-corrected chi connectivity index (χ3v) is 2.37. The number of carbonyl (C=O) groups excluding carboxylic acids is 2. The Labute approximate surface area is 99.2 Å². The Hall–Kier alpha value is -1.91. The minimum Gasteiger partial charge on any atom is -0.368 e. The van der Waals surface area contributed by atoms with Crippen molar-refractivity contribution in [2.45, 2.75) is 19.9 Å². The van der Waals surface area contributed by atoms with Crippen molar-refractivity contribution in [1.82, 2.24) is 0 Å². The minimum absolute atomic E-state index is 0.0605. The molecule has 0 unspecified atom stereocenters. The van der Waals surface area contributed by atoms with Crippen LogP contribution in [-0.4, -0.2) is 24.8 Å². The van der Waals surface area contributed by atoms with Gasteiger partial charge in [-0.15, -0.1) is 0 Å². The van der Waals surface area contributed by atoms with Crippen LogP contribution in [0.3, 0.4) is 0 Å². The molecule has 0 spiro atoms. The highest BCUT2D eigenvalue weighted by atomic mass is 19.1. The fraction of sp³-hybridized carbons (Fsp3) is 0.333. The average Bonchev–Trinajstić information content (AvgIpc) is 2.25. The molecule has 0 aliphatic carbocycles. The second-order valence-electron chi connectivity index (χ2n) is 4.02. The summed E-state index contributed by atoms with van der Waals surface area (Å²) in [6.07, 6.45) is 0.570. The van der Waals surface area contributed by atoms with E-state index in [-0.39, 0.29) is 23.8 Å². The summed E-state index contributed by atoms with van der Waals surface area (Å²) in [5.41, 5.74) is 5.64. The van der Waals surface area contributed by atoms with E-state index in [0.717, 1.165) is 6.07 Å². The van der Waals surface area contributed by atoms with Gasteiger partial charge in [-0.2, -0.15) is 0 Å². The molecule has 1 amide bonds. The third kappa shape index (κ3) is 3.27. The van der Waals surface area contributed by atoms with Gasteiger partial charge in [-0.3, -0.25) is 9.59 Å². The fourth-order valence-corrected chi connectivity index (χ4v) is 1.54. The number of carbonyl (C=O) groups is 2. The fourth-order valence-electron chi connectivity index (χ4n) is 1.54. The number of aldehydes is 1. The van der Waals surface area contributed by atoms with Gasteiger partial charge in [0.05, 0.1) is 12.2 Å². The van der Waals surface area contributed by atoms with Gasteiger partial charge in [0.25, 0.3) is 0 Å². The van der Waals surface area contributed by atoms with Crippen molar-refractivity contribution < 1.29 is 14.0 Å². The minimum atomic E-state index is -0.537. The molecule has 1 aromatic rings. The van der Waals surface area contributed by atoms with E-state index >= 15 is 0 Å². The van der Waals surface area contributed by atoms with Crippen LogP contribution in [0.4, 0.5) is 10.1 Å². The van der Waals surface area contributed by atoms with Crippen LogP contribution < -0.4 is 10.6 Å². The third-order valence-electron chi connectivity index (χ3n) is 2.37. The number of benzene rings is 1. The standard InChI is InChI=1S/C12H15FN2O2/c1-8(2)15(6-12(14)17)11-4-3-9(7-16)5-10(11)13/h3-5,7-8H,6H2,1-2H3,(H2,14,17). The summed E-state index contributed by atoms with van der Waals surface area (Å²) < 4.78 is 13.7. The van der Waals surface area contributed by atoms with Gasteiger partial charge in [0, 0.05) is 11.6 Å². The summed E-state index contributed by atoms with van der Waals surface area (Å²) in [6, 6.07) is 4.04. The zero-order valence-corrected chi connectivity index (χ0v) is 9.81. The predicted octanol–water partition coefficient (Wildman–Crippen LogP) is 1.34.